The van der Waals surface area contributed by atoms with E-state index in [0.717, 1.165) is 16.6 Å². The number of halogens is 4. The molecular weight excluding hydrogens is 526 g/mol. The number of sulfonamides is 1. The van der Waals surface area contributed by atoms with Crippen LogP contribution < -0.4 is 0 Å². The Hall–Kier alpha value is -3.64. The van der Waals surface area contributed by atoms with Crippen LogP contribution in [0.1, 0.15) is 30.5 Å². The van der Waals surface area contributed by atoms with E-state index in [0.29, 0.717) is 35.2 Å². The molecule has 1 fully saturated rings. The molecule has 0 radical (unpaired) electrons. The van der Waals surface area contributed by atoms with Gasteiger partial charge < -0.3 is 4.42 Å². The fraction of sp³-hybridized carbons (Fsp3) is 0.269. The molecule has 1 aliphatic rings. The SMILES string of the molecule is O=C(CCc1cc(-c2ccc(C(F)(F)F)cn2)ccn1)[C@@H]1CCCN1S(=O)(=O)c1cc2cc(F)ccc2o1. The van der Waals surface area contributed by atoms with Gasteiger partial charge in [-0.2, -0.15) is 17.5 Å². The maximum Gasteiger partial charge on any atom is 0.417 e. The number of nitrogens with zero attached hydrogens (tertiary/aromatic N) is 3. The van der Waals surface area contributed by atoms with Gasteiger partial charge in [-0.1, -0.05) is 0 Å². The highest BCUT2D eigenvalue weighted by Gasteiger charge is 2.40. The molecule has 0 bridgehead atoms. The number of Topliss-reactive ketones (excluding diaryl/α,β-unsaturated/α-hetero) is 1. The predicted molar refractivity (Wildman–Crippen MR) is 129 cm³/mol. The van der Waals surface area contributed by atoms with E-state index in [1.54, 1.807) is 12.1 Å². The van der Waals surface area contributed by atoms with E-state index < -0.39 is 33.6 Å². The lowest BCUT2D eigenvalue weighted by atomic mass is 10.0. The first-order chi connectivity index (χ1) is 18.0. The third kappa shape index (κ3) is 5.18. The topological polar surface area (TPSA) is 93.4 Å². The highest BCUT2D eigenvalue weighted by molar-refractivity contribution is 7.89. The lowest BCUT2D eigenvalue weighted by molar-refractivity contribution is -0.137. The molecule has 0 N–H and O–H groups in total. The summed E-state index contributed by atoms with van der Waals surface area (Å²) < 4.78 is 85.0. The third-order valence-corrected chi connectivity index (χ3v) is 8.19. The smallest absolute Gasteiger partial charge is 0.417 e. The Labute approximate surface area is 215 Å². The molecule has 3 aromatic heterocycles. The molecule has 0 spiro atoms. The highest BCUT2D eigenvalue weighted by atomic mass is 32.2. The minimum atomic E-state index is -4.49. The molecule has 1 atom stereocenters. The van der Waals surface area contributed by atoms with Crippen molar-refractivity contribution in [3.05, 3.63) is 78.0 Å². The van der Waals surface area contributed by atoms with Crippen molar-refractivity contribution < 1.29 is 35.2 Å². The Bertz CT molecular complexity index is 1600. The van der Waals surface area contributed by atoms with Gasteiger partial charge in [0.25, 0.3) is 10.0 Å². The van der Waals surface area contributed by atoms with E-state index in [4.69, 9.17) is 4.42 Å². The number of aryl methyl sites for hydroxylation is 1. The van der Waals surface area contributed by atoms with Crippen LogP contribution in [0.25, 0.3) is 22.2 Å². The lowest BCUT2D eigenvalue weighted by Gasteiger charge is -2.21. The molecule has 7 nitrogen and oxygen atoms in total. The minimum absolute atomic E-state index is 0.0128. The van der Waals surface area contributed by atoms with Crippen LogP contribution in [0.5, 0.6) is 0 Å². The second kappa shape index (κ2) is 9.91. The summed E-state index contributed by atoms with van der Waals surface area (Å²) in [6.07, 6.45) is -1.18. The molecule has 0 aliphatic carbocycles. The van der Waals surface area contributed by atoms with Crippen LogP contribution >= 0.6 is 0 Å². The van der Waals surface area contributed by atoms with Gasteiger partial charge >= 0.3 is 6.18 Å². The van der Waals surface area contributed by atoms with E-state index in [9.17, 15) is 30.8 Å². The van der Waals surface area contributed by atoms with Crippen LogP contribution in [0.2, 0.25) is 0 Å². The quantitative estimate of drug-likeness (QED) is 0.288. The van der Waals surface area contributed by atoms with Crippen molar-refractivity contribution in [2.24, 2.45) is 0 Å². The molecule has 4 aromatic rings. The van der Waals surface area contributed by atoms with Gasteiger partial charge in [-0.15, -0.1) is 0 Å². The molecule has 1 saturated heterocycles. The Morgan fingerprint density at radius 3 is 2.63 bits per heavy atom. The summed E-state index contributed by atoms with van der Waals surface area (Å²) in [6.45, 7) is 0.150. The van der Waals surface area contributed by atoms with Crippen molar-refractivity contribution >= 4 is 26.8 Å². The number of alkyl halides is 3. The highest BCUT2D eigenvalue weighted by Crippen LogP contribution is 2.32. The first-order valence-electron chi connectivity index (χ1n) is 11.7. The van der Waals surface area contributed by atoms with E-state index in [-0.39, 0.29) is 35.8 Å². The Kier molecular flexibility index (Phi) is 6.78. The van der Waals surface area contributed by atoms with Gasteiger partial charge in [-0.3, -0.25) is 14.8 Å². The number of ketones is 1. The standard InChI is InChI=1S/C26H21F4N3O4S/c27-19-4-8-24-17(12-19)14-25(37-24)38(35,36)33-11-1-2-22(33)23(34)7-5-20-13-16(9-10-31-20)21-6-3-18(15-32-21)26(28,29)30/h3-4,6,8-10,12-15,22H,1-2,5,7,11H2/t22-/m0/s1. The lowest BCUT2D eigenvalue weighted by Crippen LogP contribution is -2.40. The Balaban J connectivity index is 1.28. The molecule has 5 rings (SSSR count). The number of fused-ring (bicyclic) bond motifs is 1. The normalized spacial score (nSPS) is 16.8. The summed E-state index contributed by atoms with van der Waals surface area (Å²) >= 11 is 0. The van der Waals surface area contributed by atoms with Gasteiger partial charge in [0.1, 0.15) is 11.4 Å². The molecular formula is C26H21F4N3O4S. The fourth-order valence-electron chi connectivity index (χ4n) is 4.51. The third-order valence-electron chi connectivity index (χ3n) is 6.42. The largest absolute Gasteiger partial charge is 0.443 e. The molecule has 0 amide bonds. The summed E-state index contributed by atoms with van der Waals surface area (Å²) in [5.74, 6) is -0.809. The average molecular weight is 548 g/mol. The molecule has 0 unspecified atom stereocenters. The van der Waals surface area contributed by atoms with Crippen LogP contribution in [0.3, 0.4) is 0 Å². The first kappa shape index (κ1) is 26.0. The second-order valence-electron chi connectivity index (χ2n) is 8.95. The predicted octanol–water partition coefficient (Wildman–Crippen LogP) is 5.40. The van der Waals surface area contributed by atoms with Gasteiger partial charge in [0.05, 0.1) is 17.3 Å². The average Bonchev–Trinajstić information content (AvgIpc) is 3.55. The van der Waals surface area contributed by atoms with Gasteiger partial charge in [-0.25, -0.2) is 12.8 Å². The van der Waals surface area contributed by atoms with Crippen LogP contribution in [0.15, 0.2) is 70.4 Å². The number of aromatic nitrogens is 2. The van der Waals surface area contributed by atoms with Gasteiger partial charge in [0.15, 0.2) is 5.78 Å². The summed E-state index contributed by atoms with van der Waals surface area (Å²) in [5.41, 5.74) is 0.756. The number of pyridine rings is 2. The minimum Gasteiger partial charge on any atom is -0.443 e. The zero-order valence-electron chi connectivity index (χ0n) is 19.8. The van der Waals surface area contributed by atoms with Crippen molar-refractivity contribution in [1.82, 2.24) is 14.3 Å². The Morgan fingerprint density at radius 1 is 1.08 bits per heavy atom. The summed E-state index contributed by atoms with van der Waals surface area (Å²) in [5, 5.41) is -0.0460. The van der Waals surface area contributed by atoms with E-state index in [1.165, 1.54) is 36.5 Å². The van der Waals surface area contributed by atoms with Crippen LogP contribution in [-0.2, 0) is 27.4 Å². The van der Waals surface area contributed by atoms with Gasteiger partial charge in [0, 0.05) is 48.1 Å². The van der Waals surface area contributed by atoms with E-state index in [1.807, 2.05) is 0 Å². The van der Waals surface area contributed by atoms with Crippen molar-refractivity contribution in [1.29, 1.82) is 0 Å². The van der Waals surface area contributed by atoms with Crippen LogP contribution in [-0.4, -0.2) is 41.1 Å². The molecule has 0 saturated carbocycles. The van der Waals surface area contributed by atoms with Crippen molar-refractivity contribution in [3.63, 3.8) is 0 Å². The van der Waals surface area contributed by atoms with E-state index in [2.05, 4.69) is 9.97 Å². The monoisotopic (exact) mass is 547 g/mol. The van der Waals surface area contributed by atoms with Crippen molar-refractivity contribution in [3.8, 4) is 11.3 Å². The maximum absolute atomic E-state index is 13.5. The molecule has 12 heteroatoms. The van der Waals surface area contributed by atoms with E-state index >= 15 is 0 Å². The van der Waals surface area contributed by atoms with Gasteiger partial charge in [-0.05, 0) is 61.7 Å². The number of furan rings is 1. The number of hydrogen-bond donors (Lipinski definition) is 0. The zero-order chi connectivity index (χ0) is 27.1. The number of carbonyl (C=O) groups excluding carboxylic acids is 1. The summed E-state index contributed by atoms with van der Waals surface area (Å²) in [4.78, 5) is 21.2. The maximum atomic E-state index is 13.5. The number of hydrogen-bond acceptors (Lipinski definition) is 6. The van der Waals surface area contributed by atoms with Crippen molar-refractivity contribution in [2.75, 3.05) is 6.54 Å². The molecule has 1 aromatic carbocycles. The van der Waals surface area contributed by atoms with Crippen LogP contribution in [0, 0.1) is 5.82 Å². The fourth-order valence-corrected chi connectivity index (χ4v) is 6.14. The number of rotatable bonds is 7. The molecule has 198 valence electrons. The van der Waals surface area contributed by atoms with Crippen LogP contribution in [0.4, 0.5) is 17.6 Å². The second-order valence-corrected chi connectivity index (χ2v) is 10.8. The summed E-state index contributed by atoms with van der Waals surface area (Å²) in [7, 11) is -4.13. The Morgan fingerprint density at radius 2 is 1.89 bits per heavy atom. The summed E-state index contributed by atoms with van der Waals surface area (Å²) in [6, 6.07) is 9.51. The molecule has 38 heavy (non-hydrogen) atoms. The van der Waals surface area contributed by atoms with Gasteiger partial charge in [0.2, 0.25) is 5.09 Å². The first-order valence-corrected chi connectivity index (χ1v) is 13.2. The molecule has 4 heterocycles. The number of carbonyl (C=O) groups is 1. The number of benzene rings is 1. The van der Waals surface area contributed by atoms with Crippen molar-refractivity contribution in [2.45, 2.75) is 43.0 Å². The molecule has 1 aliphatic heterocycles. The zero-order valence-corrected chi connectivity index (χ0v) is 20.6.